The summed E-state index contributed by atoms with van der Waals surface area (Å²) in [5.74, 6) is -6.73. The van der Waals surface area contributed by atoms with Gasteiger partial charge in [0.1, 0.15) is 11.6 Å². The molecule has 2 aliphatic carbocycles. The van der Waals surface area contributed by atoms with E-state index in [1.54, 1.807) is 0 Å². The van der Waals surface area contributed by atoms with Crippen LogP contribution in [-0.4, -0.2) is 6.18 Å². The first-order valence-electron chi connectivity index (χ1n) is 11.2. The van der Waals surface area contributed by atoms with Crippen molar-refractivity contribution in [3.8, 4) is 0 Å². The van der Waals surface area contributed by atoms with Crippen molar-refractivity contribution in [2.75, 3.05) is 0 Å². The summed E-state index contributed by atoms with van der Waals surface area (Å²) in [7, 11) is 0. The van der Waals surface area contributed by atoms with Crippen LogP contribution in [0.25, 0.3) is 5.83 Å². The van der Waals surface area contributed by atoms with Crippen molar-refractivity contribution in [1.29, 1.82) is 0 Å². The molecule has 0 nitrogen and oxygen atoms in total. The quantitative estimate of drug-likeness (QED) is 0.393. The van der Waals surface area contributed by atoms with Crippen LogP contribution in [0.15, 0.2) is 18.0 Å². The second-order valence-electron chi connectivity index (χ2n) is 9.17. The summed E-state index contributed by atoms with van der Waals surface area (Å²) in [5, 5.41) is 0. The van der Waals surface area contributed by atoms with Gasteiger partial charge in [-0.3, -0.25) is 0 Å². The lowest BCUT2D eigenvalue weighted by Gasteiger charge is -2.38. The average molecular weight is 450 g/mol. The molecular weight excluding hydrogens is 421 g/mol. The van der Waals surface area contributed by atoms with Crippen LogP contribution in [0.1, 0.15) is 88.2 Å². The molecule has 0 aliphatic heterocycles. The molecule has 31 heavy (non-hydrogen) atoms. The van der Waals surface area contributed by atoms with Gasteiger partial charge in [-0.2, -0.15) is 17.6 Å². The van der Waals surface area contributed by atoms with E-state index in [2.05, 4.69) is 6.92 Å². The van der Waals surface area contributed by atoms with Crippen molar-refractivity contribution < 1.29 is 30.7 Å². The van der Waals surface area contributed by atoms with Gasteiger partial charge < -0.3 is 0 Å². The third-order valence-electron chi connectivity index (χ3n) is 7.22. The molecule has 0 N–H and O–H groups in total. The van der Waals surface area contributed by atoms with Crippen molar-refractivity contribution in [2.45, 2.75) is 83.2 Å². The summed E-state index contributed by atoms with van der Waals surface area (Å²) < 4.78 is 92.5. The van der Waals surface area contributed by atoms with E-state index in [0.29, 0.717) is 17.4 Å². The maximum atomic E-state index is 14.3. The monoisotopic (exact) mass is 450 g/mol. The molecule has 0 bridgehead atoms. The second-order valence-corrected chi connectivity index (χ2v) is 9.17. The molecule has 0 heterocycles. The number of allylic oxidation sites excluding steroid dienone is 1. The fraction of sp³-hybridized carbons (Fsp3) is 0.667. The Balaban J connectivity index is 1.65. The largest absolute Gasteiger partial charge is 0.445 e. The minimum absolute atomic E-state index is 0.134. The number of hydrogen-bond acceptors (Lipinski definition) is 0. The van der Waals surface area contributed by atoms with Crippen LogP contribution in [-0.2, 0) is 0 Å². The lowest BCUT2D eigenvalue weighted by molar-refractivity contribution is -0.108. The standard InChI is InChI=1S/C24H29F7/c1-2-3-14-4-6-15(7-5-14)16-8-10-17(11-9-16)18-12-19(25)21(20(26)13-18)22(27)23(28)24(29,30)31/h12-17H,2-11H2,1H3. The van der Waals surface area contributed by atoms with Gasteiger partial charge in [0.2, 0.25) is 5.83 Å². The highest BCUT2D eigenvalue weighted by Gasteiger charge is 2.40. The van der Waals surface area contributed by atoms with Gasteiger partial charge in [-0.1, -0.05) is 32.6 Å². The SMILES string of the molecule is CCCC1CCC(C2CCC(c3cc(F)c(C(F)=C(F)C(F)(F)F)c(F)c3)CC2)CC1. The zero-order valence-electron chi connectivity index (χ0n) is 17.7. The molecular formula is C24H29F7. The van der Waals surface area contributed by atoms with Crippen LogP contribution in [0.3, 0.4) is 0 Å². The van der Waals surface area contributed by atoms with Gasteiger partial charge in [0, 0.05) is 0 Å². The van der Waals surface area contributed by atoms with Crippen LogP contribution >= 0.6 is 0 Å². The smallest absolute Gasteiger partial charge is 0.206 e. The molecule has 0 amide bonds. The van der Waals surface area contributed by atoms with E-state index in [1.165, 1.54) is 38.5 Å². The lowest BCUT2D eigenvalue weighted by Crippen LogP contribution is -2.25. The molecule has 7 heteroatoms. The lowest BCUT2D eigenvalue weighted by atomic mass is 9.68. The maximum absolute atomic E-state index is 14.3. The second kappa shape index (κ2) is 9.95. The highest BCUT2D eigenvalue weighted by molar-refractivity contribution is 5.63. The van der Waals surface area contributed by atoms with Gasteiger partial charge in [-0.15, -0.1) is 0 Å². The van der Waals surface area contributed by atoms with E-state index >= 15 is 0 Å². The molecule has 0 radical (unpaired) electrons. The van der Waals surface area contributed by atoms with Crippen molar-refractivity contribution in [3.05, 3.63) is 40.7 Å². The van der Waals surface area contributed by atoms with Crippen molar-refractivity contribution in [2.24, 2.45) is 17.8 Å². The maximum Gasteiger partial charge on any atom is 0.445 e. The number of hydrogen-bond donors (Lipinski definition) is 0. The summed E-state index contributed by atoms with van der Waals surface area (Å²) in [6, 6.07) is 1.70. The minimum Gasteiger partial charge on any atom is -0.206 e. The van der Waals surface area contributed by atoms with Gasteiger partial charge >= 0.3 is 6.18 Å². The van der Waals surface area contributed by atoms with Crippen molar-refractivity contribution >= 4 is 5.83 Å². The molecule has 1 aromatic rings. The Morgan fingerprint density at radius 1 is 0.839 bits per heavy atom. The summed E-state index contributed by atoms with van der Waals surface area (Å²) >= 11 is 0. The third kappa shape index (κ3) is 5.64. The minimum atomic E-state index is -5.64. The Labute approximate surface area is 178 Å². The molecule has 174 valence electrons. The van der Waals surface area contributed by atoms with E-state index in [9.17, 15) is 30.7 Å². The van der Waals surface area contributed by atoms with Crippen molar-refractivity contribution in [1.82, 2.24) is 0 Å². The van der Waals surface area contributed by atoms with Gasteiger partial charge in [0.25, 0.3) is 0 Å². The van der Waals surface area contributed by atoms with E-state index < -0.39 is 35.0 Å². The normalized spacial score (nSPS) is 28.4. The zero-order valence-corrected chi connectivity index (χ0v) is 17.7. The van der Waals surface area contributed by atoms with Crippen LogP contribution in [0.2, 0.25) is 0 Å². The Bertz CT molecular complexity index is 757. The highest BCUT2D eigenvalue weighted by atomic mass is 19.4. The Morgan fingerprint density at radius 2 is 1.32 bits per heavy atom. The molecule has 0 unspecified atom stereocenters. The fourth-order valence-corrected chi connectivity index (χ4v) is 5.55. The molecule has 2 fully saturated rings. The van der Waals surface area contributed by atoms with Crippen LogP contribution in [0.4, 0.5) is 30.7 Å². The Kier molecular flexibility index (Phi) is 7.74. The topological polar surface area (TPSA) is 0 Å². The Morgan fingerprint density at radius 3 is 1.77 bits per heavy atom. The van der Waals surface area contributed by atoms with Crippen molar-refractivity contribution in [3.63, 3.8) is 0 Å². The number of benzene rings is 1. The van der Waals surface area contributed by atoms with E-state index in [-0.39, 0.29) is 5.92 Å². The summed E-state index contributed by atoms with van der Waals surface area (Å²) in [6.45, 7) is 2.21. The van der Waals surface area contributed by atoms with E-state index in [4.69, 9.17) is 0 Å². The fourth-order valence-electron chi connectivity index (χ4n) is 5.55. The number of rotatable bonds is 5. The molecule has 0 saturated heterocycles. The first-order valence-corrected chi connectivity index (χ1v) is 11.2. The van der Waals surface area contributed by atoms with E-state index in [1.807, 2.05) is 0 Å². The molecule has 2 aliphatic rings. The third-order valence-corrected chi connectivity index (χ3v) is 7.22. The number of alkyl halides is 3. The van der Waals surface area contributed by atoms with Gasteiger partial charge in [-0.05, 0) is 79.9 Å². The van der Waals surface area contributed by atoms with Gasteiger partial charge in [0.05, 0.1) is 5.56 Å². The number of halogens is 7. The van der Waals surface area contributed by atoms with Crippen LogP contribution in [0.5, 0.6) is 0 Å². The zero-order chi connectivity index (χ0) is 22.8. The predicted octanol–water partition coefficient (Wildman–Crippen LogP) is 9.01. The van der Waals surface area contributed by atoms with Gasteiger partial charge in [-0.25, -0.2) is 13.2 Å². The summed E-state index contributed by atoms with van der Waals surface area (Å²) in [4.78, 5) is 0. The highest BCUT2D eigenvalue weighted by Crippen LogP contribution is 2.45. The molecule has 0 spiro atoms. The molecule has 0 aromatic heterocycles. The molecule has 1 aromatic carbocycles. The average Bonchev–Trinajstić information content (AvgIpc) is 2.73. The molecule has 3 rings (SSSR count). The summed E-state index contributed by atoms with van der Waals surface area (Å²) in [5.41, 5.74) is -1.31. The Hall–Kier alpha value is -1.53. The molecule has 2 saturated carbocycles. The predicted molar refractivity (Wildman–Crippen MR) is 107 cm³/mol. The summed E-state index contributed by atoms with van der Waals surface area (Å²) in [6.07, 6.45) is 5.20. The van der Waals surface area contributed by atoms with E-state index in [0.717, 1.165) is 43.7 Å². The first kappa shape index (κ1) is 24.1. The van der Waals surface area contributed by atoms with Gasteiger partial charge in [0.15, 0.2) is 5.83 Å². The van der Waals surface area contributed by atoms with Crippen LogP contribution < -0.4 is 0 Å². The first-order chi connectivity index (χ1) is 14.6. The molecule has 0 atom stereocenters. The van der Waals surface area contributed by atoms with Crippen LogP contribution in [0, 0.1) is 29.4 Å².